The van der Waals surface area contributed by atoms with Gasteiger partial charge in [0.2, 0.25) is 0 Å². The molecule has 104 valence electrons. The Kier molecular flexibility index (Phi) is 4.93. The molecule has 1 unspecified atom stereocenters. The van der Waals surface area contributed by atoms with Crippen LogP contribution in [-0.4, -0.2) is 42.6 Å². The van der Waals surface area contributed by atoms with Gasteiger partial charge in [0.25, 0.3) is 5.91 Å². The molecule has 0 spiro atoms. The van der Waals surface area contributed by atoms with Crippen LogP contribution < -0.4 is 5.32 Å². The fraction of sp³-hybridized carbons (Fsp3) is 0.533. The third kappa shape index (κ3) is 3.78. The first-order valence-electron chi connectivity index (χ1n) is 6.85. The summed E-state index contributed by atoms with van der Waals surface area (Å²) in [6, 6.07) is 10.2. The normalized spacial score (nSPS) is 19.4. The molecule has 1 N–H and O–H groups in total. The predicted octanol–water partition coefficient (Wildman–Crippen LogP) is 1.41. The van der Waals surface area contributed by atoms with Crippen LogP contribution in [0.1, 0.15) is 19.4 Å². The lowest BCUT2D eigenvalue weighted by Crippen LogP contribution is -2.50. The summed E-state index contributed by atoms with van der Waals surface area (Å²) in [5.74, 6) is 0.0750. The van der Waals surface area contributed by atoms with Crippen molar-refractivity contribution in [1.82, 2.24) is 10.2 Å². The van der Waals surface area contributed by atoms with E-state index in [1.807, 2.05) is 49.1 Å². The summed E-state index contributed by atoms with van der Waals surface area (Å²) in [6.45, 7) is 6.75. The molecule has 0 radical (unpaired) electrons. The number of hydrogen-bond donors (Lipinski definition) is 1. The Bertz CT molecular complexity index is 400. The third-order valence-electron chi connectivity index (χ3n) is 3.31. The maximum Gasteiger partial charge on any atom is 0.253 e. The molecule has 1 aromatic carbocycles. The maximum absolute atomic E-state index is 12.5. The number of morpholine rings is 1. The summed E-state index contributed by atoms with van der Waals surface area (Å²) in [5.41, 5.74) is 1.15. The van der Waals surface area contributed by atoms with Crippen LogP contribution in [0.15, 0.2) is 30.3 Å². The fourth-order valence-corrected chi connectivity index (χ4v) is 2.20. The number of nitrogens with zero attached hydrogens (tertiary/aromatic N) is 1. The molecule has 1 saturated heterocycles. The van der Waals surface area contributed by atoms with Gasteiger partial charge >= 0.3 is 0 Å². The average molecular weight is 262 g/mol. The second-order valence-electron chi connectivity index (χ2n) is 5.11. The van der Waals surface area contributed by atoms with E-state index in [1.54, 1.807) is 0 Å². The number of nitrogens with one attached hydrogen (secondary N) is 1. The lowest BCUT2D eigenvalue weighted by molar-refractivity contribution is -0.147. The van der Waals surface area contributed by atoms with Crippen LogP contribution in [0.3, 0.4) is 0 Å². The van der Waals surface area contributed by atoms with Crippen molar-refractivity contribution in [3.05, 3.63) is 35.9 Å². The van der Waals surface area contributed by atoms with Crippen LogP contribution >= 0.6 is 0 Å². The Balaban J connectivity index is 2.04. The van der Waals surface area contributed by atoms with Gasteiger partial charge in [-0.1, -0.05) is 30.3 Å². The van der Waals surface area contributed by atoms with Gasteiger partial charge < -0.3 is 15.0 Å². The van der Waals surface area contributed by atoms with E-state index in [4.69, 9.17) is 4.74 Å². The molecule has 0 aliphatic carbocycles. The number of hydrogen-bond acceptors (Lipinski definition) is 3. The van der Waals surface area contributed by atoms with Gasteiger partial charge in [-0.25, -0.2) is 0 Å². The molecule has 1 aromatic rings. The smallest absolute Gasteiger partial charge is 0.253 e. The Labute approximate surface area is 114 Å². The zero-order valence-electron chi connectivity index (χ0n) is 11.6. The molecule has 1 atom stereocenters. The molecular formula is C15H22N2O2. The van der Waals surface area contributed by atoms with E-state index in [1.165, 1.54) is 0 Å². The van der Waals surface area contributed by atoms with Gasteiger partial charge in [0.05, 0.1) is 6.61 Å². The van der Waals surface area contributed by atoms with Crippen LogP contribution in [-0.2, 0) is 16.1 Å². The SMILES string of the molecule is CC(C)N(Cc1ccccc1)C(=O)C1CNCCO1. The molecule has 4 heteroatoms. The standard InChI is InChI=1S/C15H22N2O2/c1-12(2)17(11-13-6-4-3-5-7-13)15(18)14-10-16-8-9-19-14/h3-7,12,14,16H,8-11H2,1-2H3. The molecule has 0 saturated carbocycles. The van der Waals surface area contributed by atoms with E-state index in [9.17, 15) is 4.79 Å². The van der Waals surface area contributed by atoms with Gasteiger partial charge in [0.1, 0.15) is 6.10 Å². The Hall–Kier alpha value is -1.39. The van der Waals surface area contributed by atoms with Crippen molar-refractivity contribution in [2.75, 3.05) is 19.7 Å². The molecule has 0 aromatic heterocycles. The van der Waals surface area contributed by atoms with E-state index in [0.717, 1.165) is 12.1 Å². The van der Waals surface area contributed by atoms with Crippen LogP contribution in [0.2, 0.25) is 0 Å². The van der Waals surface area contributed by atoms with Crippen molar-refractivity contribution in [2.24, 2.45) is 0 Å². The molecule has 1 aliphatic heterocycles. The number of carbonyl (C=O) groups is 1. The summed E-state index contributed by atoms with van der Waals surface area (Å²) in [6.07, 6.45) is -0.347. The molecule has 2 rings (SSSR count). The van der Waals surface area contributed by atoms with Gasteiger partial charge in [-0.05, 0) is 19.4 Å². The van der Waals surface area contributed by atoms with Crippen molar-refractivity contribution in [2.45, 2.75) is 32.5 Å². The largest absolute Gasteiger partial charge is 0.366 e. The van der Waals surface area contributed by atoms with Crippen molar-refractivity contribution < 1.29 is 9.53 Å². The average Bonchev–Trinajstić information content (AvgIpc) is 2.46. The zero-order chi connectivity index (χ0) is 13.7. The van der Waals surface area contributed by atoms with Crippen LogP contribution in [0.5, 0.6) is 0 Å². The highest BCUT2D eigenvalue weighted by Crippen LogP contribution is 2.12. The summed E-state index contributed by atoms with van der Waals surface area (Å²) in [4.78, 5) is 14.4. The number of ether oxygens (including phenoxy) is 1. The van der Waals surface area contributed by atoms with Gasteiger partial charge in [0, 0.05) is 25.7 Å². The van der Waals surface area contributed by atoms with E-state index in [2.05, 4.69) is 5.32 Å². The molecule has 0 bridgehead atoms. The first kappa shape index (κ1) is 14.0. The van der Waals surface area contributed by atoms with Gasteiger partial charge in [0.15, 0.2) is 0 Å². The summed E-state index contributed by atoms with van der Waals surface area (Å²) < 4.78 is 5.55. The minimum Gasteiger partial charge on any atom is -0.366 e. The summed E-state index contributed by atoms with van der Waals surface area (Å²) in [5, 5.41) is 3.20. The highest BCUT2D eigenvalue weighted by Gasteiger charge is 2.28. The Morgan fingerprint density at radius 1 is 1.42 bits per heavy atom. The first-order valence-corrected chi connectivity index (χ1v) is 6.85. The summed E-state index contributed by atoms with van der Waals surface area (Å²) in [7, 11) is 0. The van der Waals surface area contributed by atoms with Crippen molar-refractivity contribution in [1.29, 1.82) is 0 Å². The first-order chi connectivity index (χ1) is 9.18. The third-order valence-corrected chi connectivity index (χ3v) is 3.31. The van der Waals surface area contributed by atoms with E-state index < -0.39 is 0 Å². The minimum atomic E-state index is -0.347. The predicted molar refractivity (Wildman–Crippen MR) is 74.7 cm³/mol. The van der Waals surface area contributed by atoms with Crippen molar-refractivity contribution in [3.63, 3.8) is 0 Å². The quantitative estimate of drug-likeness (QED) is 0.892. The van der Waals surface area contributed by atoms with E-state index in [0.29, 0.717) is 19.7 Å². The van der Waals surface area contributed by atoms with E-state index in [-0.39, 0.29) is 18.1 Å². The summed E-state index contributed by atoms with van der Waals surface area (Å²) >= 11 is 0. The monoisotopic (exact) mass is 262 g/mol. The van der Waals surface area contributed by atoms with Crippen LogP contribution in [0.25, 0.3) is 0 Å². The number of carbonyl (C=O) groups excluding carboxylic acids is 1. The molecule has 19 heavy (non-hydrogen) atoms. The second kappa shape index (κ2) is 6.68. The zero-order valence-corrected chi connectivity index (χ0v) is 11.6. The van der Waals surface area contributed by atoms with Crippen molar-refractivity contribution >= 4 is 5.91 Å². The molecule has 1 amide bonds. The topological polar surface area (TPSA) is 41.6 Å². The maximum atomic E-state index is 12.5. The fourth-order valence-electron chi connectivity index (χ4n) is 2.20. The van der Waals surface area contributed by atoms with Crippen LogP contribution in [0, 0.1) is 0 Å². The number of rotatable bonds is 4. The molecule has 4 nitrogen and oxygen atoms in total. The Morgan fingerprint density at radius 3 is 2.74 bits per heavy atom. The minimum absolute atomic E-state index is 0.0750. The lowest BCUT2D eigenvalue weighted by atomic mass is 10.1. The highest BCUT2D eigenvalue weighted by atomic mass is 16.5. The molecule has 1 heterocycles. The van der Waals surface area contributed by atoms with Crippen molar-refractivity contribution in [3.8, 4) is 0 Å². The molecular weight excluding hydrogens is 240 g/mol. The van der Waals surface area contributed by atoms with Crippen LogP contribution in [0.4, 0.5) is 0 Å². The lowest BCUT2D eigenvalue weighted by Gasteiger charge is -2.32. The number of amides is 1. The second-order valence-corrected chi connectivity index (χ2v) is 5.11. The van der Waals surface area contributed by atoms with Gasteiger partial charge in [-0.15, -0.1) is 0 Å². The van der Waals surface area contributed by atoms with Gasteiger partial charge in [-0.3, -0.25) is 4.79 Å². The number of benzene rings is 1. The van der Waals surface area contributed by atoms with E-state index >= 15 is 0 Å². The molecule has 1 aliphatic rings. The molecule has 1 fully saturated rings. The van der Waals surface area contributed by atoms with Gasteiger partial charge in [-0.2, -0.15) is 0 Å². The highest BCUT2D eigenvalue weighted by molar-refractivity contribution is 5.81. The Morgan fingerprint density at radius 2 is 2.16 bits per heavy atom.